The van der Waals surface area contributed by atoms with Crippen LogP contribution in [0.1, 0.15) is 0 Å². The molecule has 0 aromatic carbocycles. The van der Waals surface area contributed by atoms with E-state index in [9.17, 15) is 15.3 Å². The summed E-state index contributed by atoms with van der Waals surface area (Å²) in [5.41, 5.74) is 0. The van der Waals surface area contributed by atoms with Gasteiger partial charge in [0.25, 0.3) is 0 Å². The first-order valence-electron chi connectivity index (χ1n) is 3.95. The summed E-state index contributed by atoms with van der Waals surface area (Å²) in [7, 11) is 1.30. The quantitative estimate of drug-likeness (QED) is 0.386. The maximum absolute atomic E-state index is 9.28. The molecule has 0 saturated carbocycles. The van der Waals surface area contributed by atoms with E-state index in [0.29, 0.717) is 0 Å². The predicted molar refractivity (Wildman–Crippen MR) is 40.8 cm³/mol. The molecular weight excluding hydrogens is 180 g/mol. The molecule has 0 aromatic heterocycles. The van der Waals surface area contributed by atoms with Crippen LogP contribution >= 0.6 is 0 Å². The standard InChI is InChI=1S/C7H14O6/c1-12-7-6(11)5(10)4(9)3(2-8)13-7/h3-11H,2H2,1H3/t3?,4?,5-,6-,7?/m0/s1. The fourth-order valence-electron chi connectivity index (χ4n) is 1.26. The highest BCUT2D eigenvalue weighted by atomic mass is 16.7. The maximum atomic E-state index is 9.28. The minimum absolute atomic E-state index is 0.440. The summed E-state index contributed by atoms with van der Waals surface area (Å²) in [5.74, 6) is 0. The van der Waals surface area contributed by atoms with Crippen molar-refractivity contribution in [3.63, 3.8) is 0 Å². The minimum atomic E-state index is -1.36. The van der Waals surface area contributed by atoms with E-state index in [0.717, 1.165) is 0 Å². The van der Waals surface area contributed by atoms with Crippen molar-refractivity contribution < 1.29 is 29.9 Å². The van der Waals surface area contributed by atoms with Gasteiger partial charge >= 0.3 is 0 Å². The number of hydrogen-bond donors (Lipinski definition) is 4. The lowest BCUT2D eigenvalue weighted by Gasteiger charge is -2.38. The van der Waals surface area contributed by atoms with Crippen LogP contribution in [0.5, 0.6) is 0 Å². The summed E-state index contributed by atoms with van der Waals surface area (Å²) in [6.07, 6.45) is -5.91. The van der Waals surface area contributed by atoms with Gasteiger partial charge in [-0.25, -0.2) is 0 Å². The second kappa shape index (κ2) is 4.32. The van der Waals surface area contributed by atoms with Crippen LogP contribution in [0.25, 0.3) is 0 Å². The van der Waals surface area contributed by atoms with E-state index in [1.54, 1.807) is 0 Å². The molecule has 13 heavy (non-hydrogen) atoms. The van der Waals surface area contributed by atoms with E-state index >= 15 is 0 Å². The number of aliphatic hydroxyl groups excluding tert-OH is 4. The summed E-state index contributed by atoms with van der Waals surface area (Å²) in [5, 5.41) is 36.6. The van der Waals surface area contributed by atoms with Gasteiger partial charge in [0.15, 0.2) is 6.29 Å². The van der Waals surface area contributed by atoms with Gasteiger partial charge in [0.1, 0.15) is 24.4 Å². The summed E-state index contributed by atoms with van der Waals surface area (Å²) in [4.78, 5) is 0. The second-order valence-corrected chi connectivity index (χ2v) is 2.93. The van der Waals surface area contributed by atoms with Crippen LogP contribution in [-0.2, 0) is 9.47 Å². The molecular formula is C7H14O6. The lowest BCUT2D eigenvalue weighted by molar-refractivity contribution is -0.294. The van der Waals surface area contributed by atoms with Gasteiger partial charge in [-0.3, -0.25) is 0 Å². The second-order valence-electron chi connectivity index (χ2n) is 2.93. The summed E-state index contributed by atoms with van der Waals surface area (Å²) in [6.45, 7) is -0.440. The van der Waals surface area contributed by atoms with E-state index in [1.165, 1.54) is 7.11 Å². The Morgan fingerprint density at radius 3 is 2.23 bits per heavy atom. The Hall–Kier alpha value is -0.240. The molecule has 0 aliphatic carbocycles. The molecule has 1 saturated heterocycles. The highest BCUT2D eigenvalue weighted by Gasteiger charge is 2.43. The van der Waals surface area contributed by atoms with E-state index in [1.807, 2.05) is 0 Å². The first kappa shape index (κ1) is 10.8. The molecule has 1 fully saturated rings. The molecule has 0 aromatic rings. The summed E-state index contributed by atoms with van der Waals surface area (Å²) in [6, 6.07) is 0. The Labute approximate surface area is 75.3 Å². The van der Waals surface area contributed by atoms with Crippen molar-refractivity contribution in [2.75, 3.05) is 13.7 Å². The summed E-state index contributed by atoms with van der Waals surface area (Å²) < 4.78 is 9.65. The zero-order chi connectivity index (χ0) is 10.0. The molecule has 78 valence electrons. The highest BCUT2D eigenvalue weighted by molar-refractivity contribution is 4.88. The van der Waals surface area contributed by atoms with Gasteiger partial charge in [0.2, 0.25) is 0 Å². The van der Waals surface area contributed by atoms with Crippen molar-refractivity contribution in [2.24, 2.45) is 0 Å². The molecule has 4 N–H and O–H groups in total. The molecule has 3 unspecified atom stereocenters. The molecule has 1 aliphatic rings. The minimum Gasteiger partial charge on any atom is -0.394 e. The van der Waals surface area contributed by atoms with E-state index in [-0.39, 0.29) is 0 Å². The topological polar surface area (TPSA) is 99.4 Å². The monoisotopic (exact) mass is 194 g/mol. The SMILES string of the molecule is COC1OC(CO)C(O)[C@H](O)[C@@H]1O. The lowest BCUT2D eigenvalue weighted by atomic mass is 9.99. The van der Waals surface area contributed by atoms with Gasteiger partial charge in [0.05, 0.1) is 6.61 Å². The van der Waals surface area contributed by atoms with E-state index < -0.39 is 37.3 Å². The van der Waals surface area contributed by atoms with Crippen molar-refractivity contribution >= 4 is 0 Å². The molecule has 0 bridgehead atoms. The van der Waals surface area contributed by atoms with Crippen molar-refractivity contribution in [2.45, 2.75) is 30.7 Å². The van der Waals surface area contributed by atoms with Crippen LogP contribution < -0.4 is 0 Å². The Kier molecular flexibility index (Phi) is 3.60. The van der Waals surface area contributed by atoms with Crippen LogP contribution in [0, 0.1) is 0 Å². The molecule has 1 aliphatic heterocycles. The average Bonchev–Trinajstić information content (AvgIpc) is 2.15. The third-order valence-corrected chi connectivity index (χ3v) is 2.08. The molecule has 6 heteroatoms. The Balaban J connectivity index is 2.66. The first-order chi connectivity index (χ1) is 6.11. The lowest BCUT2D eigenvalue weighted by Crippen LogP contribution is -2.58. The molecule has 0 radical (unpaired) electrons. The van der Waals surface area contributed by atoms with Gasteiger partial charge in [-0.05, 0) is 0 Å². The third kappa shape index (κ3) is 1.98. The first-order valence-corrected chi connectivity index (χ1v) is 3.95. The molecule has 0 amide bonds. The zero-order valence-electron chi connectivity index (χ0n) is 7.20. The Morgan fingerprint density at radius 2 is 1.77 bits per heavy atom. The van der Waals surface area contributed by atoms with Crippen molar-refractivity contribution in [1.82, 2.24) is 0 Å². The van der Waals surface area contributed by atoms with E-state index in [2.05, 4.69) is 0 Å². The fourth-order valence-corrected chi connectivity index (χ4v) is 1.26. The maximum Gasteiger partial charge on any atom is 0.186 e. The summed E-state index contributed by atoms with van der Waals surface area (Å²) >= 11 is 0. The predicted octanol–water partition coefficient (Wildman–Crippen LogP) is -2.57. The van der Waals surface area contributed by atoms with Crippen molar-refractivity contribution in [3.8, 4) is 0 Å². The molecule has 1 heterocycles. The van der Waals surface area contributed by atoms with Gasteiger partial charge < -0.3 is 29.9 Å². The normalized spacial score (nSPS) is 46.4. The Bertz CT molecular complexity index is 143. The van der Waals surface area contributed by atoms with Crippen LogP contribution in [-0.4, -0.2) is 64.8 Å². The Morgan fingerprint density at radius 1 is 1.15 bits per heavy atom. The smallest absolute Gasteiger partial charge is 0.186 e. The molecule has 6 nitrogen and oxygen atoms in total. The van der Waals surface area contributed by atoms with Gasteiger partial charge in [-0.15, -0.1) is 0 Å². The zero-order valence-corrected chi connectivity index (χ0v) is 7.20. The van der Waals surface area contributed by atoms with Crippen LogP contribution in [0.3, 0.4) is 0 Å². The van der Waals surface area contributed by atoms with Crippen LogP contribution in [0.15, 0.2) is 0 Å². The largest absolute Gasteiger partial charge is 0.394 e. The van der Waals surface area contributed by atoms with Crippen molar-refractivity contribution in [1.29, 1.82) is 0 Å². The number of methoxy groups -OCH3 is 1. The molecule has 5 atom stereocenters. The van der Waals surface area contributed by atoms with Gasteiger partial charge in [-0.2, -0.15) is 0 Å². The average molecular weight is 194 g/mol. The number of hydrogen-bond acceptors (Lipinski definition) is 6. The van der Waals surface area contributed by atoms with Crippen molar-refractivity contribution in [3.05, 3.63) is 0 Å². The van der Waals surface area contributed by atoms with E-state index in [4.69, 9.17) is 14.6 Å². The molecule has 0 spiro atoms. The fraction of sp³-hybridized carbons (Fsp3) is 1.00. The van der Waals surface area contributed by atoms with Gasteiger partial charge in [0, 0.05) is 7.11 Å². The third-order valence-electron chi connectivity index (χ3n) is 2.08. The molecule has 1 rings (SSSR count). The number of aliphatic hydroxyl groups is 4. The highest BCUT2D eigenvalue weighted by Crippen LogP contribution is 2.20. The van der Waals surface area contributed by atoms with Gasteiger partial charge in [-0.1, -0.05) is 0 Å². The van der Waals surface area contributed by atoms with Crippen LogP contribution in [0.2, 0.25) is 0 Å². The number of rotatable bonds is 2. The van der Waals surface area contributed by atoms with Crippen LogP contribution in [0.4, 0.5) is 0 Å². The number of ether oxygens (including phenoxy) is 2.